The van der Waals surface area contributed by atoms with E-state index in [4.69, 9.17) is 0 Å². The number of hydrogen-bond donors (Lipinski definition) is 0. The van der Waals surface area contributed by atoms with Crippen molar-refractivity contribution in [1.29, 1.82) is 0 Å². The Kier molecular flexibility index (Phi) is 4.82. The van der Waals surface area contributed by atoms with Gasteiger partial charge in [0.1, 0.15) is 4.70 Å². The lowest BCUT2D eigenvalue weighted by atomic mass is 10.0. The molecule has 0 fully saturated rings. The van der Waals surface area contributed by atoms with Crippen LogP contribution in [0.25, 0.3) is 38.3 Å². The first kappa shape index (κ1) is 18.6. The fourth-order valence-electron chi connectivity index (χ4n) is 3.94. The van der Waals surface area contributed by atoms with E-state index < -0.39 is 0 Å². The normalized spacial score (nSPS) is 11.5. The molecule has 3 heteroatoms. The summed E-state index contributed by atoms with van der Waals surface area (Å²) >= 11 is 1.85. The summed E-state index contributed by atoms with van der Waals surface area (Å²) in [5, 5.41) is 0. The second-order valence-corrected chi connectivity index (χ2v) is 8.57. The molecule has 0 saturated heterocycles. The van der Waals surface area contributed by atoms with Gasteiger partial charge in [0.15, 0.2) is 6.20 Å². The van der Waals surface area contributed by atoms with Gasteiger partial charge in [0.2, 0.25) is 5.52 Å². The zero-order valence-electron chi connectivity index (χ0n) is 17.1. The molecule has 0 aliphatic heterocycles. The molecular formula is C27H23N2S+. The molecule has 0 bridgehead atoms. The van der Waals surface area contributed by atoms with Gasteiger partial charge in [-0.25, -0.2) is 0 Å². The summed E-state index contributed by atoms with van der Waals surface area (Å²) in [5.41, 5.74) is 7.42. The fraction of sp³-hybridized carbons (Fsp3) is 0.0741. The van der Waals surface area contributed by atoms with Gasteiger partial charge in [-0.15, -0.1) is 4.40 Å². The molecule has 0 aliphatic carbocycles. The van der Waals surface area contributed by atoms with Crippen molar-refractivity contribution in [2.45, 2.75) is 0 Å². The molecule has 0 saturated carbocycles. The molecule has 3 aromatic carbocycles. The van der Waals surface area contributed by atoms with Crippen LogP contribution in [0.4, 0.5) is 5.69 Å². The average Bonchev–Trinajstić information content (AvgIpc) is 3.16. The maximum absolute atomic E-state index is 2.31. The quantitative estimate of drug-likeness (QED) is 0.307. The van der Waals surface area contributed by atoms with Crippen LogP contribution in [-0.4, -0.2) is 14.1 Å². The van der Waals surface area contributed by atoms with Gasteiger partial charge < -0.3 is 4.90 Å². The number of pyridine rings is 1. The first-order valence-corrected chi connectivity index (χ1v) is 10.9. The lowest BCUT2D eigenvalue weighted by Gasteiger charge is -2.15. The highest BCUT2D eigenvalue weighted by molar-refractivity contribution is 7.23. The number of benzene rings is 3. The molecule has 5 aromatic rings. The Morgan fingerprint density at radius 1 is 0.733 bits per heavy atom. The SMILES string of the molecule is CN(C)c1ccccc1/C=C/c1cc[n+]2c(sc3ccccc32)c1-c1ccccc1. The van der Waals surface area contributed by atoms with Crippen LogP contribution in [0, 0.1) is 0 Å². The molecule has 5 rings (SSSR count). The topological polar surface area (TPSA) is 7.34 Å². The molecule has 2 nitrogen and oxygen atoms in total. The minimum atomic E-state index is 1.21. The summed E-state index contributed by atoms with van der Waals surface area (Å²) in [6, 6.07) is 30.0. The van der Waals surface area contributed by atoms with Crippen molar-refractivity contribution in [2.24, 2.45) is 0 Å². The Morgan fingerprint density at radius 3 is 2.27 bits per heavy atom. The van der Waals surface area contributed by atoms with Crippen LogP contribution < -0.4 is 9.30 Å². The molecule has 2 aromatic heterocycles. The number of aromatic nitrogens is 1. The predicted molar refractivity (Wildman–Crippen MR) is 130 cm³/mol. The standard InChI is InChI=1S/C27H23N2S/c1-28(2)23-13-7-6-10-20(23)16-17-22-18-19-29-24-14-8-9-15-25(24)30-27(29)26(22)21-11-4-3-5-12-21/h3-19H,1-2H3/q+1. The Bertz CT molecular complexity index is 1360. The summed E-state index contributed by atoms with van der Waals surface area (Å²) < 4.78 is 3.61. The minimum absolute atomic E-state index is 1.21. The number of thiazole rings is 1. The Balaban J connectivity index is 1.74. The van der Waals surface area contributed by atoms with E-state index in [1.807, 2.05) is 11.3 Å². The molecule has 0 N–H and O–H groups in total. The Morgan fingerprint density at radius 2 is 1.43 bits per heavy atom. The summed E-state index contributed by atoms with van der Waals surface area (Å²) in [7, 11) is 4.17. The van der Waals surface area contributed by atoms with E-state index in [1.165, 1.54) is 43.0 Å². The van der Waals surface area contributed by atoms with Gasteiger partial charge in [-0.05, 0) is 28.8 Å². The number of rotatable bonds is 4. The van der Waals surface area contributed by atoms with Gasteiger partial charge in [0, 0.05) is 31.9 Å². The van der Waals surface area contributed by atoms with E-state index in [0.29, 0.717) is 0 Å². The van der Waals surface area contributed by atoms with Crippen LogP contribution in [0.15, 0.2) is 91.1 Å². The smallest absolute Gasteiger partial charge is 0.276 e. The summed E-state index contributed by atoms with van der Waals surface area (Å²) in [4.78, 5) is 3.42. The Labute approximate surface area is 181 Å². The summed E-state index contributed by atoms with van der Waals surface area (Å²) in [6.45, 7) is 0. The maximum atomic E-state index is 2.31. The van der Waals surface area contributed by atoms with E-state index in [-0.39, 0.29) is 0 Å². The van der Waals surface area contributed by atoms with E-state index in [1.54, 1.807) is 0 Å². The van der Waals surface area contributed by atoms with Crippen LogP contribution in [0.3, 0.4) is 0 Å². The van der Waals surface area contributed by atoms with Crippen molar-refractivity contribution in [3.05, 3.63) is 102 Å². The lowest BCUT2D eigenvalue weighted by molar-refractivity contribution is -0.477. The molecule has 146 valence electrons. The molecule has 0 radical (unpaired) electrons. The number of hydrogen-bond acceptors (Lipinski definition) is 2. The first-order valence-electron chi connectivity index (χ1n) is 10.1. The van der Waals surface area contributed by atoms with Crippen molar-refractivity contribution in [3.63, 3.8) is 0 Å². The van der Waals surface area contributed by atoms with Gasteiger partial charge in [0.05, 0.1) is 5.56 Å². The lowest BCUT2D eigenvalue weighted by Crippen LogP contribution is -2.19. The van der Waals surface area contributed by atoms with Crippen molar-refractivity contribution in [2.75, 3.05) is 19.0 Å². The van der Waals surface area contributed by atoms with Gasteiger partial charge in [-0.3, -0.25) is 0 Å². The van der Waals surface area contributed by atoms with E-state index in [9.17, 15) is 0 Å². The Hall–Kier alpha value is -3.43. The van der Waals surface area contributed by atoms with Crippen LogP contribution in [0.1, 0.15) is 11.1 Å². The molecule has 0 amide bonds. The average molecular weight is 408 g/mol. The van der Waals surface area contributed by atoms with E-state index in [0.717, 1.165) is 0 Å². The zero-order chi connectivity index (χ0) is 20.5. The van der Waals surface area contributed by atoms with Crippen molar-refractivity contribution in [3.8, 4) is 11.1 Å². The van der Waals surface area contributed by atoms with Gasteiger partial charge >= 0.3 is 0 Å². The second-order valence-electron chi connectivity index (χ2n) is 7.54. The number of nitrogens with zero attached hydrogens (tertiary/aromatic N) is 2. The predicted octanol–water partition coefficient (Wildman–Crippen LogP) is 6.54. The number of anilines is 1. The van der Waals surface area contributed by atoms with Crippen LogP contribution in [0.5, 0.6) is 0 Å². The highest BCUT2D eigenvalue weighted by Crippen LogP contribution is 2.34. The summed E-state index contributed by atoms with van der Waals surface area (Å²) in [6.07, 6.45) is 6.66. The monoisotopic (exact) mass is 407 g/mol. The summed E-state index contributed by atoms with van der Waals surface area (Å²) in [5.74, 6) is 0. The maximum Gasteiger partial charge on any atom is 0.276 e. The highest BCUT2D eigenvalue weighted by Gasteiger charge is 2.20. The second kappa shape index (κ2) is 7.77. The third-order valence-electron chi connectivity index (χ3n) is 5.38. The van der Waals surface area contributed by atoms with Crippen molar-refractivity contribution in [1.82, 2.24) is 0 Å². The van der Waals surface area contributed by atoms with Crippen LogP contribution in [-0.2, 0) is 0 Å². The molecule has 0 aliphatic rings. The molecule has 2 heterocycles. The van der Waals surface area contributed by atoms with Gasteiger partial charge in [-0.1, -0.05) is 84.2 Å². The van der Waals surface area contributed by atoms with Gasteiger partial charge in [0.25, 0.3) is 4.83 Å². The van der Waals surface area contributed by atoms with Gasteiger partial charge in [-0.2, -0.15) is 0 Å². The number of para-hydroxylation sites is 2. The van der Waals surface area contributed by atoms with E-state index in [2.05, 4.69) is 127 Å². The largest absolute Gasteiger partial charge is 0.377 e. The number of fused-ring (bicyclic) bond motifs is 3. The van der Waals surface area contributed by atoms with Crippen LogP contribution >= 0.6 is 11.3 Å². The highest BCUT2D eigenvalue weighted by atomic mass is 32.1. The third kappa shape index (κ3) is 3.27. The molecular weight excluding hydrogens is 384 g/mol. The fourth-order valence-corrected chi connectivity index (χ4v) is 5.16. The van der Waals surface area contributed by atoms with E-state index >= 15 is 0 Å². The van der Waals surface area contributed by atoms with Crippen molar-refractivity contribution >= 4 is 44.2 Å². The molecule has 0 atom stereocenters. The molecule has 30 heavy (non-hydrogen) atoms. The third-order valence-corrected chi connectivity index (χ3v) is 6.54. The first-order chi connectivity index (χ1) is 14.7. The zero-order valence-corrected chi connectivity index (χ0v) is 17.9. The molecule has 0 spiro atoms. The molecule has 0 unspecified atom stereocenters. The minimum Gasteiger partial charge on any atom is -0.377 e. The van der Waals surface area contributed by atoms with Crippen molar-refractivity contribution < 1.29 is 4.40 Å². The van der Waals surface area contributed by atoms with Crippen LogP contribution in [0.2, 0.25) is 0 Å².